The maximum Gasteiger partial charge on any atom is 0.239 e. The van der Waals surface area contributed by atoms with Crippen LogP contribution in [-0.2, 0) is 16.1 Å². The number of nitrogens with zero attached hydrogens (tertiary/aromatic N) is 1. The molecule has 6 nitrogen and oxygen atoms in total. The quantitative estimate of drug-likeness (QED) is 0.689. The summed E-state index contributed by atoms with van der Waals surface area (Å²) >= 11 is 0. The van der Waals surface area contributed by atoms with Gasteiger partial charge in [0.1, 0.15) is 6.04 Å². The Hall–Kier alpha value is -1.47. The molecular formula is C15H23N3O3. The monoisotopic (exact) mass is 293 g/mol. The average Bonchev–Trinajstić information content (AvgIpc) is 2.54. The Morgan fingerprint density at radius 2 is 2.24 bits per heavy atom. The molecule has 1 heterocycles. The van der Waals surface area contributed by atoms with E-state index in [1.165, 1.54) is 0 Å². The van der Waals surface area contributed by atoms with Gasteiger partial charge in [-0.2, -0.15) is 0 Å². The van der Waals surface area contributed by atoms with E-state index in [0.717, 1.165) is 11.1 Å². The van der Waals surface area contributed by atoms with E-state index in [0.29, 0.717) is 32.8 Å². The van der Waals surface area contributed by atoms with Crippen LogP contribution in [0.25, 0.3) is 0 Å². The lowest BCUT2D eigenvalue weighted by Gasteiger charge is -2.35. The van der Waals surface area contributed by atoms with Gasteiger partial charge in [0.25, 0.3) is 0 Å². The number of β-amino-alcohol motifs (C(OH)–C–C–N with tert-alkyl or cyclic N) is 1. The number of aliphatic hydroxyl groups is 1. The van der Waals surface area contributed by atoms with Gasteiger partial charge in [-0.05, 0) is 11.1 Å². The molecule has 2 atom stereocenters. The number of morpholine rings is 1. The van der Waals surface area contributed by atoms with Crippen molar-refractivity contribution in [3.05, 3.63) is 35.4 Å². The molecule has 2 rings (SSSR count). The van der Waals surface area contributed by atoms with Crippen LogP contribution in [0.2, 0.25) is 0 Å². The van der Waals surface area contributed by atoms with Gasteiger partial charge in [0.15, 0.2) is 0 Å². The molecule has 1 amide bonds. The first-order chi connectivity index (χ1) is 10.2. The predicted octanol–water partition coefficient (Wildman–Crippen LogP) is -0.374. The normalized spacial score (nSPS) is 21.0. The third-order valence-corrected chi connectivity index (χ3v) is 3.80. The second-order valence-electron chi connectivity index (χ2n) is 5.16. The molecule has 1 aromatic carbocycles. The maximum atomic E-state index is 11.9. The fourth-order valence-electron chi connectivity index (χ4n) is 2.47. The van der Waals surface area contributed by atoms with Crippen molar-refractivity contribution in [2.75, 3.05) is 33.4 Å². The van der Waals surface area contributed by atoms with Gasteiger partial charge in [-0.15, -0.1) is 0 Å². The Morgan fingerprint density at radius 3 is 2.86 bits per heavy atom. The fourth-order valence-corrected chi connectivity index (χ4v) is 2.47. The van der Waals surface area contributed by atoms with Gasteiger partial charge < -0.3 is 20.9 Å². The lowest BCUT2D eigenvalue weighted by Crippen LogP contribution is -2.54. The first-order valence-electron chi connectivity index (χ1n) is 7.16. The van der Waals surface area contributed by atoms with Crippen LogP contribution in [0, 0.1) is 0 Å². The summed E-state index contributed by atoms with van der Waals surface area (Å²) in [7, 11) is 1.61. The van der Waals surface area contributed by atoms with Gasteiger partial charge in [-0.25, -0.2) is 0 Å². The zero-order valence-corrected chi connectivity index (χ0v) is 12.3. The molecule has 0 aromatic heterocycles. The molecule has 6 heteroatoms. The third-order valence-electron chi connectivity index (χ3n) is 3.80. The number of amides is 1. The molecule has 1 aromatic rings. The Morgan fingerprint density at radius 1 is 1.52 bits per heavy atom. The van der Waals surface area contributed by atoms with Crippen LogP contribution < -0.4 is 11.1 Å². The second kappa shape index (κ2) is 7.51. The number of likely N-dealkylation sites (N-methyl/N-ethyl adjacent to an activating group) is 1. The van der Waals surface area contributed by atoms with Crippen molar-refractivity contribution in [2.45, 2.75) is 18.7 Å². The third kappa shape index (κ3) is 4.01. The fraction of sp³-hybridized carbons (Fsp3) is 0.533. The molecule has 0 spiro atoms. The smallest absolute Gasteiger partial charge is 0.239 e. The van der Waals surface area contributed by atoms with Crippen molar-refractivity contribution in [1.29, 1.82) is 0 Å². The summed E-state index contributed by atoms with van der Waals surface area (Å²) in [5.74, 6) is -0.0830. The number of hydrogen-bond acceptors (Lipinski definition) is 5. The first kappa shape index (κ1) is 15.9. The number of carbonyl (C=O) groups excluding carboxylic acids is 1. The SMILES string of the molecule is CNC(=O)C1COCCN1CC(O)c1ccc(CN)cc1. The van der Waals surface area contributed by atoms with Crippen molar-refractivity contribution in [2.24, 2.45) is 5.73 Å². The van der Waals surface area contributed by atoms with Crippen molar-refractivity contribution in [3.8, 4) is 0 Å². The molecular weight excluding hydrogens is 270 g/mol. The highest BCUT2D eigenvalue weighted by Gasteiger charge is 2.30. The zero-order chi connectivity index (χ0) is 15.2. The molecule has 0 bridgehead atoms. The van der Waals surface area contributed by atoms with Crippen molar-refractivity contribution < 1.29 is 14.6 Å². The summed E-state index contributed by atoms with van der Waals surface area (Å²) in [6.07, 6.45) is -0.637. The van der Waals surface area contributed by atoms with Crippen LogP contribution in [0.1, 0.15) is 17.2 Å². The van der Waals surface area contributed by atoms with Crippen molar-refractivity contribution >= 4 is 5.91 Å². The number of rotatable bonds is 5. The lowest BCUT2D eigenvalue weighted by atomic mass is 10.1. The van der Waals surface area contributed by atoms with Gasteiger partial charge in [0, 0.05) is 26.7 Å². The van der Waals surface area contributed by atoms with E-state index in [4.69, 9.17) is 10.5 Å². The van der Waals surface area contributed by atoms with Gasteiger partial charge in [-0.1, -0.05) is 24.3 Å². The lowest BCUT2D eigenvalue weighted by molar-refractivity contribution is -0.133. The molecule has 1 saturated heterocycles. The topological polar surface area (TPSA) is 87.8 Å². The van der Waals surface area contributed by atoms with Crippen LogP contribution in [-0.4, -0.2) is 55.3 Å². The van der Waals surface area contributed by atoms with Crippen LogP contribution in [0.15, 0.2) is 24.3 Å². The van der Waals surface area contributed by atoms with Crippen LogP contribution in [0.4, 0.5) is 0 Å². The Kier molecular flexibility index (Phi) is 5.69. The molecule has 116 valence electrons. The largest absolute Gasteiger partial charge is 0.387 e. The number of benzene rings is 1. The molecule has 1 aliphatic heterocycles. The van der Waals surface area contributed by atoms with E-state index >= 15 is 0 Å². The average molecular weight is 293 g/mol. The maximum absolute atomic E-state index is 11.9. The van der Waals surface area contributed by atoms with Crippen molar-refractivity contribution in [3.63, 3.8) is 0 Å². The first-order valence-corrected chi connectivity index (χ1v) is 7.16. The van der Waals surface area contributed by atoms with E-state index in [1.807, 2.05) is 29.2 Å². The van der Waals surface area contributed by atoms with Gasteiger partial charge >= 0.3 is 0 Å². The number of carbonyl (C=O) groups is 1. The molecule has 1 aliphatic rings. The number of nitrogens with two attached hydrogens (primary N) is 1. The minimum Gasteiger partial charge on any atom is -0.387 e. The van der Waals surface area contributed by atoms with E-state index in [9.17, 15) is 9.90 Å². The number of hydrogen-bond donors (Lipinski definition) is 3. The Bertz CT molecular complexity index is 464. The van der Waals surface area contributed by atoms with E-state index in [-0.39, 0.29) is 11.9 Å². The van der Waals surface area contributed by atoms with Gasteiger partial charge in [0.2, 0.25) is 5.91 Å². The summed E-state index contributed by atoms with van der Waals surface area (Å²) in [5, 5.41) is 13.0. The summed E-state index contributed by atoms with van der Waals surface area (Å²) in [5.41, 5.74) is 7.42. The highest BCUT2D eigenvalue weighted by atomic mass is 16.5. The van der Waals surface area contributed by atoms with Crippen LogP contribution in [0.3, 0.4) is 0 Å². The number of aliphatic hydroxyl groups excluding tert-OH is 1. The Balaban J connectivity index is 2.01. The summed E-state index contributed by atoms with van der Waals surface area (Å²) in [6.45, 7) is 2.46. The summed E-state index contributed by atoms with van der Waals surface area (Å²) in [6, 6.07) is 7.23. The molecule has 4 N–H and O–H groups in total. The minimum atomic E-state index is -0.637. The standard InChI is InChI=1S/C15H23N3O3/c1-17-15(20)13-10-21-7-6-18(13)9-14(19)12-4-2-11(8-16)3-5-12/h2-5,13-14,19H,6-10,16H2,1H3,(H,17,20). The van der Waals surface area contributed by atoms with Gasteiger partial charge in [0.05, 0.1) is 19.3 Å². The molecule has 0 saturated carbocycles. The molecule has 2 unspecified atom stereocenters. The predicted molar refractivity (Wildman–Crippen MR) is 79.5 cm³/mol. The van der Waals surface area contributed by atoms with Crippen LogP contribution >= 0.6 is 0 Å². The summed E-state index contributed by atoms with van der Waals surface area (Å²) < 4.78 is 5.35. The molecule has 1 fully saturated rings. The van der Waals surface area contributed by atoms with E-state index < -0.39 is 6.10 Å². The number of nitrogens with one attached hydrogen (secondary N) is 1. The number of ether oxygens (including phenoxy) is 1. The minimum absolute atomic E-state index is 0.0830. The van der Waals surface area contributed by atoms with Crippen LogP contribution in [0.5, 0.6) is 0 Å². The highest BCUT2D eigenvalue weighted by Crippen LogP contribution is 2.18. The van der Waals surface area contributed by atoms with E-state index in [1.54, 1.807) is 7.05 Å². The molecule has 0 aliphatic carbocycles. The summed E-state index contributed by atoms with van der Waals surface area (Å²) in [4.78, 5) is 13.8. The Labute approximate surface area is 124 Å². The highest BCUT2D eigenvalue weighted by molar-refractivity contribution is 5.81. The van der Waals surface area contributed by atoms with Gasteiger partial charge in [-0.3, -0.25) is 9.69 Å². The van der Waals surface area contributed by atoms with E-state index in [2.05, 4.69) is 5.32 Å². The van der Waals surface area contributed by atoms with Crippen molar-refractivity contribution in [1.82, 2.24) is 10.2 Å². The second-order valence-corrected chi connectivity index (χ2v) is 5.16. The molecule has 0 radical (unpaired) electrons. The zero-order valence-electron chi connectivity index (χ0n) is 12.3. The molecule has 21 heavy (non-hydrogen) atoms.